The third-order valence-electron chi connectivity index (χ3n) is 4.97. The molecule has 2 aromatic carbocycles. The summed E-state index contributed by atoms with van der Waals surface area (Å²) in [6.07, 6.45) is 0.573. The van der Waals surface area contributed by atoms with Crippen molar-refractivity contribution in [3.63, 3.8) is 0 Å². The molecule has 0 saturated heterocycles. The summed E-state index contributed by atoms with van der Waals surface area (Å²) in [4.78, 5) is 30.6. The van der Waals surface area contributed by atoms with Crippen molar-refractivity contribution in [2.75, 3.05) is 0 Å². The molecule has 6 heteroatoms. The van der Waals surface area contributed by atoms with E-state index < -0.39 is 0 Å². The van der Waals surface area contributed by atoms with Crippen molar-refractivity contribution in [1.82, 2.24) is 14.0 Å². The fourth-order valence-electron chi connectivity index (χ4n) is 3.51. The second-order valence-corrected chi connectivity index (χ2v) is 6.64. The van der Waals surface area contributed by atoms with Gasteiger partial charge in [0.05, 0.1) is 23.6 Å². The molecule has 0 atom stereocenters. The minimum Gasteiger partial charge on any atom is -0.307 e. The Balaban J connectivity index is 1.97. The molecule has 138 valence electrons. The van der Waals surface area contributed by atoms with Crippen LogP contribution in [-0.4, -0.2) is 19.7 Å². The Morgan fingerprint density at radius 3 is 2.57 bits per heavy atom. The van der Waals surface area contributed by atoms with Gasteiger partial charge in [0.2, 0.25) is 5.78 Å². The number of imidazole rings is 1. The van der Waals surface area contributed by atoms with Crippen molar-refractivity contribution in [2.24, 2.45) is 0 Å². The highest BCUT2D eigenvalue weighted by molar-refractivity contribution is 5.96. The van der Waals surface area contributed by atoms with Crippen LogP contribution in [0.2, 0.25) is 0 Å². The number of ketones is 1. The zero-order chi connectivity index (χ0) is 19.7. The first kappa shape index (κ1) is 17.7. The zero-order valence-electron chi connectivity index (χ0n) is 15.4. The van der Waals surface area contributed by atoms with Gasteiger partial charge in [-0.05, 0) is 25.5 Å². The average molecular weight is 370 g/mol. The number of nitriles is 1. The Kier molecular flexibility index (Phi) is 4.50. The van der Waals surface area contributed by atoms with Crippen molar-refractivity contribution in [3.8, 4) is 6.07 Å². The van der Waals surface area contributed by atoms with E-state index in [4.69, 9.17) is 5.26 Å². The minimum atomic E-state index is -0.181. The van der Waals surface area contributed by atoms with Crippen molar-refractivity contribution in [3.05, 3.63) is 81.8 Å². The maximum atomic E-state index is 13.2. The number of hydrogen-bond donors (Lipinski definition) is 0. The fraction of sp³-hybridized carbons (Fsp3) is 0.182. The van der Waals surface area contributed by atoms with E-state index in [-0.39, 0.29) is 24.3 Å². The van der Waals surface area contributed by atoms with Crippen LogP contribution in [0, 0.1) is 18.3 Å². The van der Waals surface area contributed by atoms with Crippen LogP contribution in [0.5, 0.6) is 0 Å². The highest BCUT2D eigenvalue weighted by Crippen LogP contribution is 2.19. The number of para-hydroxylation sites is 2. The van der Waals surface area contributed by atoms with Crippen LogP contribution >= 0.6 is 0 Å². The first-order valence-corrected chi connectivity index (χ1v) is 9.06. The van der Waals surface area contributed by atoms with Crippen LogP contribution in [0.1, 0.15) is 28.0 Å². The number of hydrogen-bond acceptors (Lipinski definition) is 4. The second kappa shape index (κ2) is 7.12. The number of carbonyl (C=O) groups is 1. The molecule has 6 nitrogen and oxygen atoms in total. The fourth-order valence-corrected chi connectivity index (χ4v) is 3.51. The van der Waals surface area contributed by atoms with Crippen LogP contribution in [0.4, 0.5) is 0 Å². The molecule has 0 fully saturated rings. The van der Waals surface area contributed by atoms with E-state index in [1.54, 1.807) is 21.1 Å². The van der Waals surface area contributed by atoms with Crippen molar-refractivity contribution in [2.45, 2.75) is 26.3 Å². The molecule has 0 aliphatic rings. The van der Waals surface area contributed by atoms with Crippen LogP contribution in [0.25, 0.3) is 16.8 Å². The summed E-state index contributed by atoms with van der Waals surface area (Å²) in [6.45, 7) is 1.88. The van der Waals surface area contributed by atoms with Crippen molar-refractivity contribution >= 4 is 22.6 Å². The molecule has 28 heavy (non-hydrogen) atoms. The molecular formula is C22H18N4O2. The normalized spacial score (nSPS) is 11.0. The van der Waals surface area contributed by atoms with Gasteiger partial charge in [0.15, 0.2) is 5.78 Å². The quantitative estimate of drug-likeness (QED) is 0.505. The molecule has 0 amide bonds. The largest absolute Gasteiger partial charge is 0.307 e. The lowest BCUT2D eigenvalue weighted by molar-refractivity contribution is 0.0972. The van der Waals surface area contributed by atoms with Gasteiger partial charge in [-0.15, -0.1) is 0 Å². The summed E-state index contributed by atoms with van der Waals surface area (Å²) in [7, 11) is 0. The number of rotatable bonds is 5. The van der Waals surface area contributed by atoms with Gasteiger partial charge in [0, 0.05) is 23.2 Å². The molecule has 4 rings (SSSR count). The number of benzene rings is 2. The number of fused-ring (bicyclic) bond motifs is 3. The van der Waals surface area contributed by atoms with Gasteiger partial charge < -0.3 is 4.57 Å². The van der Waals surface area contributed by atoms with E-state index in [1.807, 2.05) is 49.4 Å². The molecule has 2 aromatic heterocycles. The summed E-state index contributed by atoms with van der Waals surface area (Å²) in [5.41, 5.74) is 3.03. The molecule has 0 bridgehead atoms. The topological polar surface area (TPSA) is 80.2 Å². The summed E-state index contributed by atoms with van der Waals surface area (Å²) in [5, 5.41) is 8.99. The Hall–Kier alpha value is -3.72. The van der Waals surface area contributed by atoms with Crippen LogP contribution in [-0.2, 0) is 13.0 Å². The average Bonchev–Trinajstić information content (AvgIpc) is 3.11. The van der Waals surface area contributed by atoms with Gasteiger partial charge in [0.1, 0.15) is 0 Å². The third kappa shape index (κ3) is 2.87. The molecule has 0 unspecified atom stereocenters. The van der Waals surface area contributed by atoms with Gasteiger partial charge in [-0.3, -0.25) is 9.59 Å². The van der Waals surface area contributed by atoms with Gasteiger partial charge in [0.25, 0.3) is 5.56 Å². The lowest BCUT2D eigenvalue weighted by atomic mass is 10.1. The summed E-state index contributed by atoms with van der Waals surface area (Å²) >= 11 is 0. The molecule has 0 radical (unpaired) electrons. The van der Waals surface area contributed by atoms with Crippen molar-refractivity contribution in [1.29, 1.82) is 5.26 Å². The minimum absolute atomic E-state index is 0.0625. The van der Waals surface area contributed by atoms with Crippen molar-refractivity contribution < 1.29 is 4.79 Å². The molecule has 0 spiro atoms. The first-order chi connectivity index (χ1) is 13.6. The maximum Gasteiger partial charge on any atom is 0.262 e. The standard InChI is InChI=1S/C22H18N4O2/c1-15-17(10-7-13-23)21(28)26-19-12-6-5-11-18(19)24-22(26)25(15)14-20(27)16-8-3-2-4-9-16/h2-6,8-9,11-12H,7,10,14H2,1H3. The number of nitrogens with zero attached hydrogens (tertiary/aromatic N) is 4. The smallest absolute Gasteiger partial charge is 0.262 e. The molecule has 2 heterocycles. The molecule has 4 aromatic rings. The SMILES string of the molecule is Cc1c(CCC#N)c(=O)n2c3ccccc3nc2n1CC(=O)c1ccccc1. The molecule has 0 aliphatic carbocycles. The van der Waals surface area contributed by atoms with E-state index in [1.165, 1.54) is 0 Å². The van der Waals surface area contributed by atoms with Gasteiger partial charge >= 0.3 is 0 Å². The predicted octanol–water partition coefficient (Wildman–Crippen LogP) is 3.30. The Bertz CT molecular complexity index is 1290. The Morgan fingerprint density at radius 2 is 1.82 bits per heavy atom. The van der Waals surface area contributed by atoms with Crippen LogP contribution in [0.15, 0.2) is 59.4 Å². The van der Waals surface area contributed by atoms with E-state index in [0.717, 1.165) is 0 Å². The van der Waals surface area contributed by atoms with E-state index in [2.05, 4.69) is 11.1 Å². The Morgan fingerprint density at radius 1 is 1.11 bits per heavy atom. The van der Waals surface area contributed by atoms with Gasteiger partial charge in [-0.1, -0.05) is 42.5 Å². The highest BCUT2D eigenvalue weighted by Gasteiger charge is 2.19. The highest BCUT2D eigenvalue weighted by atomic mass is 16.1. The Labute approximate surface area is 161 Å². The monoisotopic (exact) mass is 370 g/mol. The third-order valence-corrected chi connectivity index (χ3v) is 4.97. The zero-order valence-corrected chi connectivity index (χ0v) is 15.4. The summed E-state index contributed by atoms with van der Waals surface area (Å²) in [6, 6.07) is 18.5. The van der Waals surface area contributed by atoms with E-state index in [9.17, 15) is 9.59 Å². The summed E-state index contributed by atoms with van der Waals surface area (Å²) < 4.78 is 3.33. The molecule has 0 saturated carbocycles. The number of carbonyl (C=O) groups excluding carboxylic acids is 1. The van der Waals surface area contributed by atoms with E-state index in [0.29, 0.717) is 40.1 Å². The number of aromatic nitrogens is 3. The van der Waals surface area contributed by atoms with E-state index >= 15 is 0 Å². The second-order valence-electron chi connectivity index (χ2n) is 6.64. The maximum absolute atomic E-state index is 13.2. The summed E-state index contributed by atoms with van der Waals surface area (Å²) in [5.74, 6) is 0.376. The first-order valence-electron chi connectivity index (χ1n) is 9.06. The number of Topliss-reactive ketones (excluding diaryl/α,β-unsaturated/α-hetero) is 1. The van der Waals surface area contributed by atoms with Gasteiger partial charge in [-0.2, -0.15) is 5.26 Å². The lowest BCUT2D eigenvalue weighted by Crippen LogP contribution is -2.27. The molecule has 0 aliphatic heterocycles. The van der Waals surface area contributed by atoms with Crippen LogP contribution in [0.3, 0.4) is 0 Å². The van der Waals surface area contributed by atoms with Gasteiger partial charge in [-0.25, -0.2) is 9.38 Å². The van der Waals surface area contributed by atoms with Crippen LogP contribution < -0.4 is 5.56 Å². The molecular weight excluding hydrogens is 352 g/mol. The lowest BCUT2D eigenvalue weighted by Gasteiger charge is -2.15. The molecule has 0 N–H and O–H groups in total. The predicted molar refractivity (Wildman–Crippen MR) is 106 cm³/mol.